The van der Waals surface area contributed by atoms with Crippen LogP contribution < -0.4 is 10.6 Å². The predicted molar refractivity (Wildman–Crippen MR) is 112 cm³/mol. The largest absolute Gasteiger partial charge is 0.348 e. The molecule has 1 amide bonds. The lowest BCUT2D eigenvalue weighted by Gasteiger charge is -2.23. The summed E-state index contributed by atoms with van der Waals surface area (Å²) in [5.41, 5.74) is 1.84. The zero-order valence-corrected chi connectivity index (χ0v) is 16.9. The quantitative estimate of drug-likeness (QED) is 0.721. The molecule has 3 rings (SSSR count). The number of benzene rings is 1. The van der Waals surface area contributed by atoms with E-state index in [1.54, 1.807) is 0 Å². The fourth-order valence-corrected chi connectivity index (χ4v) is 3.60. The molecule has 2 unspecified atom stereocenters. The van der Waals surface area contributed by atoms with Crippen LogP contribution in [0.15, 0.2) is 42.6 Å². The average molecular weight is 391 g/mol. The molecular weight excluding hydrogens is 360 g/mol. The van der Waals surface area contributed by atoms with Crippen molar-refractivity contribution in [3.8, 4) is 0 Å². The van der Waals surface area contributed by atoms with E-state index in [1.807, 2.05) is 23.0 Å². The monoisotopic (exact) mass is 390 g/mol. The molecule has 0 aliphatic carbocycles. The Hall–Kier alpha value is -1.85. The first kappa shape index (κ1) is 21.5. The van der Waals surface area contributed by atoms with E-state index >= 15 is 0 Å². The number of aryl methyl sites for hydroxylation is 1. The number of aromatic nitrogens is 2. The lowest BCUT2D eigenvalue weighted by atomic mass is 10.0. The molecule has 0 bridgehead atoms. The van der Waals surface area contributed by atoms with Crippen molar-refractivity contribution in [2.45, 2.75) is 57.5 Å². The summed E-state index contributed by atoms with van der Waals surface area (Å²) in [5.74, 6) is -0.0565. The van der Waals surface area contributed by atoms with Crippen LogP contribution in [0.25, 0.3) is 0 Å². The number of rotatable bonds is 8. The minimum absolute atomic E-state index is 0. The van der Waals surface area contributed by atoms with E-state index in [9.17, 15) is 4.79 Å². The Morgan fingerprint density at radius 1 is 1.30 bits per heavy atom. The number of nitrogens with zero attached hydrogens (tertiary/aromatic N) is 2. The second-order valence-electron chi connectivity index (χ2n) is 7.16. The molecule has 1 aromatic carbocycles. The summed E-state index contributed by atoms with van der Waals surface area (Å²) in [5, 5.41) is 11.1. The Morgan fingerprint density at radius 2 is 2.11 bits per heavy atom. The van der Waals surface area contributed by atoms with Crippen LogP contribution in [0.4, 0.5) is 0 Å². The number of nitrogens with one attached hydrogen (secondary N) is 2. The van der Waals surface area contributed by atoms with Crippen molar-refractivity contribution in [1.29, 1.82) is 0 Å². The second-order valence-corrected chi connectivity index (χ2v) is 7.16. The fraction of sp³-hybridized carbons (Fsp3) is 0.524. The molecule has 0 spiro atoms. The van der Waals surface area contributed by atoms with Crippen LogP contribution >= 0.6 is 12.4 Å². The van der Waals surface area contributed by atoms with Crippen LogP contribution in [0.5, 0.6) is 0 Å². The van der Waals surface area contributed by atoms with Crippen molar-refractivity contribution >= 4 is 18.3 Å². The first-order valence-corrected chi connectivity index (χ1v) is 9.87. The van der Waals surface area contributed by atoms with Gasteiger partial charge in [-0.1, -0.05) is 43.7 Å². The van der Waals surface area contributed by atoms with Gasteiger partial charge in [0.05, 0.1) is 6.04 Å². The third kappa shape index (κ3) is 6.36. The summed E-state index contributed by atoms with van der Waals surface area (Å²) >= 11 is 0. The standard InChI is InChI=1S/C21H30N4O.ClH/c1-2-7-18(12-11-17-8-4-3-5-9-17)23-21(26)20-13-15-25(24-20)19-10-6-14-22-16-19;/h3-5,8-9,13,15,18-19,22H,2,6-7,10-12,14,16H2,1H3,(H,23,26);1H. The van der Waals surface area contributed by atoms with Crippen LogP contribution in [0.3, 0.4) is 0 Å². The molecule has 2 N–H and O–H groups in total. The van der Waals surface area contributed by atoms with Crippen LogP contribution in [0.2, 0.25) is 0 Å². The summed E-state index contributed by atoms with van der Waals surface area (Å²) in [6.07, 6.45) is 8.19. The molecule has 6 heteroatoms. The Kier molecular flexibility index (Phi) is 8.82. The van der Waals surface area contributed by atoms with E-state index in [0.29, 0.717) is 11.7 Å². The highest BCUT2D eigenvalue weighted by Gasteiger charge is 2.19. The van der Waals surface area contributed by atoms with Gasteiger partial charge in [-0.3, -0.25) is 9.48 Å². The molecule has 148 valence electrons. The van der Waals surface area contributed by atoms with Crippen molar-refractivity contribution in [3.63, 3.8) is 0 Å². The highest BCUT2D eigenvalue weighted by molar-refractivity contribution is 5.92. The molecule has 1 fully saturated rings. The molecule has 2 atom stereocenters. The Bertz CT molecular complexity index is 682. The van der Waals surface area contributed by atoms with Gasteiger partial charge in [-0.2, -0.15) is 5.10 Å². The Labute approximate surface area is 168 Å². The first-order valence-electron chi connectivity index (χ1n) is 9.87. The Balaban J connectivity index is 0.00000261. The number of amides is 1. The zero-order valence-electron chi connectivity index (χ0n) is 16.1. The predicted octanol–water partition coefficient (Wildman–Crippen LogP) is 3.76. The minimum Gasteiger partial charge on any atom is -0.348 e. The number of hydrogen-bond acceptors (Lipinski definition) is 3. The molecule has 1 aromatic heterocycles. The van der Waals surface area contributed by atoms with Gasteiger partial charge in [0, 0.05) is 18.8 Å². The van der Waals surface area contributed by atoms with Crippen LogP contribution in [-0.4, -0.2) is 34.8 Å². The Morgan fingerprint density at radius 3 is 2.81 bits per heavy atom. The summed E-state index contributed by atoms with van der Waals surface area (Å²) in [6, 6.07) is 12.8. The third-order valence-corrected chi connectivity index (χ3v) is 5.08. The van der Waals surface area contributed by atoms with Crippen molar-refractivity contribution < 1.29 is 4.79 Å². The maximum atomic E-state index is 12.6. The van der Waals surface area contributed by atoms with Crippen LogP contribution in [-0.2, 0) is 6.42 Å². The van der Waals surface area contributed by atoms with Gasteiger partial charge >= 0.3 is 0 Å². The number of carbonyl (C=O) groups excluding carboxylic acids is 1. The van der Waals surface area contributed by atoms with E-state index in [1.165, 1.54) is 5.56 Å². The maximum Gasteiger partial charge on any atom is 0.271 e. The molecular formula is C21H31ClN4O. The summed E-state index contributed by atoms with van der Waals surface area (Å²) in [4.78, 5) is 12.6. The van der Waals surface area contributed by atoms with Crippen LogP contribution in [0.1, 0.15) is 61.1 Å². The molecule has 1 saturated heterocycles. The molecule has 0 saturated carbocycles. The summed E-state index contributed by atoms with van der Waals surface area (Å²) in [6.45, 7) is 4.16. The highest BCUT2D eigenvalue weighted by atomic mass is 35.5. The molecule has 1 aliphatic heterocycles. The smallest absolute Gasteiger partial charge is 0.271 e. The number of piperidine rings is 1. The van der Waals surface area contributed by atoms with E-state index < -0.39 is 0 Å². The van der Waals surface area contributed by atoms with Crippen molar-refractivity contribution in [2.75, 3.05) is 13.1 Å². The van der Waals surface area contributed by atoms with Gasteiger partial charge < -0.3 is 10.6 Å². The lowest BCUT2D eigenvalue weighted by Crippen LogP contribution is -2.36. The van der Waals surface area contributed by atoms with E-state index in [4.69, 9.17) is 0 Å². The molecule has 27 heavy (non-hydrogen) atoms. The summed E-state index contributed by atoms with van der Waals surface area (Å²) in [7, 11) is 0. The topological polar surface area (TPSA) is 59.0 Å². The van der Waals surface area contributed by atoms with Crippen molar-refractivity contribution in [2.24, 2.45) is 0 Å². The third-order valence-electron chi connectivity index (χ3n) is 5.08. The second kappa shape index (κ2) is 11.1. The average Bonchev–Trinajstić information content (AvgIpc) is 3.18. The molecule has 2 aromatic rings. The molecule has 0 radical (unpaired) electrons. The SMILES string of the molecule is CCCC(CCc1ccccc1)NC(=O)c1ccn(C2CCCNC2)n1.Cl. The van der Waals surface area contributed by atoms with Gasteiger partial charge in [0.25, 0.3) is 5.91 Å². The van der Waals surface area contributed by atoms with Crippen molar-refractivity contribution in [3.05, 3.63) is 53.9 Å². The van der Waals surface area contributed by atoms with E-state index in [-0.39, 0.29) is 24.4 Å². The van der Waals surface area contributed by atoms with Gasteiger partial charge in [0.1, 0.15) is 5.69 Å². The summed E-state index contributed by atoms with van der Waals surface area (Å²) < 4.78 is 1.94. The van der Waals surface area contributed by atoms with Gasteiger partial charge in [-0.25, -0.2) is 0 Å². The number of carbonyl (C=O) groups is 1. The number of halogens is 1. The first-order chi connectivity index (χ1) is 12.8. The molecule has 1 aliphatic rings. The molecule has 5 nitrogen and oxygen atoms in total. The van der Waals surface area contributed by atoms with Crippen molar-refractivity contribution in [1.82, 2.24) is 20.4 Å². The minimum atomic E-state index is -0.0565. The lowest BCUT2D eigenvalue weighted by molar-refractivity contribution is 0.0926. The van der Waals surface area contributed by atoms with Gasteiger partial charge in [-0.05, 0) is 50.3 Å². The number of hydrogen-bond donors (Lipinski definition) is 2. The maximum absolute atomic E-state index is 12.6. The fourth-order valence-electron chi connectivity index (χ4n) is 3.60. The van der Waals surface area contributed by atoms with E-state index in [2.05, 4.69) is 46.9 Å². The van der Waals surface area contributed by atoms with E-state index in [0.717, 1.165) is 51.6 Å². The highest BCUT2D eigenvalue weighted by Crippen LogP contribution is 2.16. The van der Waals surface area contributed by atoms with Gasteiger partial charge in [-0.15, -0.1) is 12.4 Å². The van der Waals surface area contributed by atoms with Gasteiger partial charge in [0.2, 0.25) is 0 Å². The van der Waals surface area contributed by atoms with Crippen LogP contribution in [0, 0.1) is 0 Å². The zero-order chi connectivity index (χ0) is 18.2. The normalized spacial score (nSPS) is 17.7. The molecule has 2 heterocycles. The van der Waals surface area contributed by atoms with Gasteiger partial charge in [0.15, 0.2) is 0 Å².